The van der Waals surface area contributed by atoms with Gasteiger partial charge in [0.1, 0.15) is 0 Å². The van der Waals surface area contributed by atoms with Crippen LogP contribution in [0.1, 0.15) is 5.56 Å². The minimum atomic E-state index is -4.60. The topological polar surface area (TPSA) is 47.5 Å². The fourth-order valence-corrected chi connectivity index (χ4v) is 2.30. The summed E-state index contributed by atoms with van der Waals surface area (Å²) in [6.07, 6.45) is -4.60. The Hall–Kier alpha value is -2.40. The molecule has 112 valence electrons. The number of benzene rings is 2. The highest BCUT2D eigenvalue weighted by atomic mass is 79.9. The van der Waals surface area contributed by atoms with Crippen molar-refractivity contribution >= 4 is 27.3 Å². The maximum atomic E-state index is 13.1. The number of nitro groups is 1. The van der Waals surface area contributed by atoms with E-state index in [1.54, 1.807) is 0 Å². The summed E-state index contributed by atoms with van der Waals surface area (Å²) in [5, 5.41) is 10.9. The number of hydrogen-bond donors (Lipinski definition) is 0. The van der Waals surface area contributed by atoms with Crippen LogP contribution >= 0.6 is 15.9 Å². The van der Waals surface area contributed by atoms with Crippen LogP contribution in [0.5, 0.6) is 0 Å². The van der Waals surface area contributed by atoms with Crippen molar-refractivity contribution < 1.29 is 18.1 Å². The molecule has 0 saturated heterocycles. The normalized spacial score (nSPS) is 11.0. The van der Waals surface area contributed by atoms with Gasteiger partial charge in [0.2, 0.25) is 0 Å². The molecule has 2 aromatic rings. The van der Waals surface area contributed by atoms with E-state index in [-0.39, 0.29) is 21.3 Å². The van der Waals surface area contributed by atoms with Crippen LogP contribution in [-0.2, 0) is 6.18 Å². The summed E-state index contributed by atoms with van der Waals surface area (Å²) in [4.78, 5) is 13.1. The highest BCUT2D eigenvalue weighted by Gasteiger charge is 2.34. The van der Waals surface area contributed by atoms with E-state index < -0.39 is 22.4 Å². The Bertz CT molecular complexity index is 798. The predicted octanol–water partition coefficient (Wildman–Crippen LogP) is 5.59. The molecular weight excluding hydrogens is 365 g/mol. The number of nitro benzene ring substituents is 1. The maximum Gasteiger partial charge on any atom is 0.417 e. The van der Waals surface area contributed by atoms with Crippen molar-refractivity contribution in [3.8, 4) is 11.1 Å². The average Bonchev–Trinajstić information content (AvgIpc) is 2.45. The molecule has 0 amide bonds. The van der Waals surface area contributed by atoms with Crippen molar-refractivity contribution in [2.45, 2.75) is 6.18 Å². The Labute approximate surface area is 131 Å². The Morgan fingerprint density at radius 2 is 1.86 bits per heavy atom. The lowest BCUT2D eigenvalue weighted by molar-refractivity contribution is -0.383. The quantitative estimate of drug-likeness (QED) is 0.392. The molecule has 0 heterocycles. The van der Waals surface area contributed by atoms with Crippen molar-refractivity contribution in [2.75, 3.05) is 0 Å². The van der Waals surface area contributed by atoms with Crippen molar-refractivity contribution in [3.63, 3.8) is 0 Å². The van der Waals surface area contributed by atoms with Gasteiger partial charge in [-0.1, -0.05) is 28.1 Å². The molecule has 0 N–H and O–H groups in total. The average molecular weight is 371 g/mol. The molecule has 0 atom stereocenters. The smallest absolute Gasteiger partial charge is 0.260 e. The zero-order valence-electron chi connectivity index (χ0n) is 10.7. The third-order valence-electron chi connectivity index (χ3n) is 2.89. The van der Waals surface area contributed by atoms with Gasteiger partial charge < -0.3 is 0 Å². The molecule has 2 aromatic carbocycles. The molecule has 0 aliphatic carbocycles. The monoisotopic (exact) mass is 370 g/mol. The molecule has 0 saturated carbocycles. The van der Waals surface area contributed by atoms with Crippen molar-refractivity contribution in [3.05, 3.63) is 68.0 Å². The second-order valence-electron chi connectivity index (χ2n) is 4.26. The molecule has 0 aliphatic heterocycles. The molecule has 0 bridgehead atoms. The summed E-state index contributed by atoms with van der Waals surface area (Å²) >= 11 is 2.97. The van der Waals surface area contributed by atoms with Crippen LogP contribution in [0, 0.1) is 16.7 Å². The second-order valence-corrected chi connectivity index (χ2v) is 5.18. The van der Waals surface area contributed by atoms with E-state index in [0.717, 1.165) is 18.2 Å². The van der Waals surface area contributed by atoms with Crippen molar-refractivity contribution in [1.82, 2.24) is 0 Å². The summed E-state index contributed by atoms with van der Waals surface area (Å²) in [7, 11) is 0. The first-order valence-electron chi connectivity index (χ1n) is 5.77. The van der Waals surface area contributed by atoms with Gasteiger partial charge in [-0.3, -0.25) is 10.1 Å². The molecule has 0 fully saturated rings. The Morgan fingerprint density at radius 3 is 2.41 bits per heavy atom. The standard InChI is InChI=1S/C14H6BrF3N2O2/c1-19-12-5-2-8(6-13(12)20(21)22)10-4-3-9(15)7-11(10)14(16,17)18/h2-7H. The predicted molar refractivity (Wildman–Crippen MR) is 77.5 cm³/mol. The SMILES string of the molecule is [C-]#[N+]c1ccc(-c2ccc(Br)cc2C(F)(F)F)cc1[N+](=O)[O-]. The van der Waals surface area contributed by atoms with Crippen LogP contribution in [0.25, 0.3) is 16.0 Å². The van der Waals surface area contributed by atoms with Crippen LogP contribution in [0.3, 0.4) is 0 Å². The lowest BCUT2D eigenvalue weighted by Gasteiger charge is -2.13. The van der Waals surface area contributed by atoms with E-state index in [4.69, 9.17) is 6.57 Å². The van der Waals surface area contributed by atoms with Gasteiger partial charge in [-0.15, -0.1) is 0 Å². The molecule has 0 radical (unpaired) electrons. The Balaban J connectivity index is 2.71. The largest absolute Gasteiger partial charge is 0.417 e. The molecule has 4 nitrogen and oxygen atoms in total. The van der Waals surface area contributed by atoms with Crippen molar-refractivity contribution in [1.29, 1.82) is 0 Å². The van der Waals surface area contributed by atoms with Crippen LogP contribution in [0.4, 0.5) is 24.5 Å². The molecule has 8 heteroatoms. The lowest BCUT2D eigenvalue weighted by atomic mass is 9.98. The molecule has 22 heavy (non-hydrogen) atoms. The number of alkyl halides is 3. The molecule has 0 spiro atoms. The summed E-state index contributed by atoms with van der Waals surface area (Å²) in [5.74, 6) is 0. The fourth-order valence-electron chi connectivity index (χ4n) is 1.93. The van der Waals surface area contributed by atoms with E-state index in [1.807, 2.05) is 0 Å². The van der Waals surface area contributed by atoms with Crippen LogP contribution in [0.2, 0.25) is 0 Å². The summed E-state index contributed by atoms with van der Waals surface area (Å²) in [6.45, 7) is 6.86. The van der Waals surface area contributed by atoms with E-state index in [0.29, 0.717) is 0 Å². The lowest BCUT2D eigenvalue weighted by Crippen LogP contribution is -2.07. The zero-order valence-corrected chi connectivity index (χ0v) is 12.3. The first-order valence-corrected chi connectivity index (χ1v) is 6.56. The van der Waals surface area contributed by atoms with Gasteiger partial charge in [0, 0.05) is 10.5 Å². The third-order valence-corrected chi connectivity index (χ3v) is 3.38. The molecule has 0 unspecified atom stereocenters. The minimum absolute atomic E-state index is 0.0268. The van der Waals surface area contributed by atoms with Gasteiger partial charge in [-0.05, 0) is 29.3 Å². The summed E-state index contributed by atoms with van der Waals surface area (Å²) in [6, 6.07) is 6.93. The number of hydrogen-bond acceptors (Lipinski definition) is 2. The fraction of sp³-hybridized carbons (Fsp3) is 0.0714. The Morgan fingerprint density at radius 1 is 1.18 bits per heavy atom. The van der Waals surface area contributed by atoms with Gasteiger partial charge in [0.25, 0.3) is 11.4 Å². The van der Waals surface area contributed by atoms with Crippen LogP contribution in [-0.4, -0.2) is 4.92 Å². The first kappa shape index (κ1) is 16.0. The molecule has 0 aliphatic rings. The number of nitrogens with zero attached hydrogens (tertiary/aromatic N) is 2. The van der Waals surface area contributed by atoms with Crippen molar-refractivity contribution in [2.24, 2.45) is 0 Å². The van der Waals surface area contributed by atoms with Gasteiger partial charge in [0.05, 0.1) is 17.1 Å². The molecule has 2 rings (SSSR count). The second kappa shape index (κ2) is 5.77. The van der Waals surface area contributed by atoms with Gasteiger partial charge in [-0.25, -0.2) is 4.85 Å². The molecule has 0 aromatic heterocycles. The van der Waals surface area contributed by atoms with E-state index in [9.17, 15) is 23.3 Å². The van der Waals surface area contributed by atoms with Gasteiger partial charge in [0.15, 0.2) is 0 Å². The van der Waals surface area contributed by atoms with E-state index in [1.165, 1.54) is 18.2 Å². The van der Waals surface area contributed by atoms with E-state index >= 15 is 0 Å². The van der Waals surface area contributed by atoms with Gasteiger partial charge >= 0.3 is 6.18 Å². The highest BCUT2D eigenvalue weighted by molar-refractivity contribution is 9.10. The minimum Gasteiger partial charge on any atom is -0.260 e. The van der Waals surface area contributed by atoms with Crippen LogP contribution < -0.4 is 0 Å². The Kier molecular flexibility index (Phi) is 4.19. The number of rotatable bonds is 2. The third kappa shape index (κ3) is 3.09. The summed E-state index contributed by atoms with van der Waals surface area (Å²) in [5.41, 5.74) is -1.82. The number of halogens is 4. The van der Waals surface area contributed by atoms with E-state index in [2.05, 4.69) is 20.8 Å². The maximum absolute atomic E-state index is 13.1. The highest BCUT2D eigenvalue weighted by Crippen LogP contribution is 2.40. The zero-order chi connectivity index (χ0) is 16.5. The first-order chi connectivity index (χ1) is 10.2. The summed E-state index contributed by atoms with van der Waals surface area (Å²) < 4.78 is 39.6. The molecular formula is C14H6BrF3N2O2. The van der Waals surface area contributed by atoms with Gasteiger partial charge in [-0.2, -0.15) is 13.2 Å². The van der Waals surface area contributed by atoms with Crippen LogP contribution in [0.15, 0.2) is 40.9 Å².